The first-order chi connectivity index (χ1) is 13.9. The molecule has 8 heteroatoms. The molecule has 0 aliphatic carbocycles. The number of nitrogens with one attached hydrogen (secondary N) is 2. The lowest BCUT2D eigenvalue weighted by Gasteiger charge is -2.23. The molecule has 7 nitrogen and oxygen atoms in total. The number of aromatic nitrogens is 2. The second kappa shape index (κ2) is 9.26. The maximum absolute atomic E-state index is 12.6. The third-order valence-electron chi connectivity index (χ3n) is 5.14. The van der Waals surface area contributed by atoms with Gasteiger partial charge in [0.1, 0.15) is 5.82 Å². The number of aromatic amines is 1. The number of carbonyl (C=O) groups is 3. The molecule has 154 valence electrons. The molecule has 0 saturated carbocycles. The summed E-state index contributed by atoms with van der Waals surface area (Å²) in [4.78, 5) is 45.9. The van der Waals surface area contributed by atoms with Crippen molar-refractivity contribution in [3.05, 3.63) is 53.6 Å². The average molecular weight is 415 g/mol. The fourth-order valence-corrected chi connectivity index (χ4v) is 3.62. The summed E-state index contributed by atoms with van der Waals surface area (Å²) in [6.45, 7) is 4.37. The minimum absolute atomic E-state index is 0.0560. The van der Waals surface area contributed by atoms with Gasteiger partial charge in [0.25, 0.3) is 11.8 Å². The lowest BCUT2D eigenvalue weighted by atomic mass is 10.00. The molecule has 2 aromatic rings. The highest BCUT2D eigenvalue weighted by molar-refractivity contribution is 7.81. The summed E-state index contributed by atoms with van der Waals surface area (Å²) in [5, 5.41) is 2.53. The fourth-order valence-electron chi connectivity index (χ4n) is 3.37. The summed E-state index contributed by atoms with van der Waals surface area (Å²) in [6.07, 6.45) is 5.04. The smallest absolute Gasteiger partial charge is 0.261 e. The van der Waals surface area contributed by atoms with Crippen molar-refractivity contribution in [1.82, 2.24) is 20.2 Å². The predicted octanol–water partition coefficient (Wildman–Crippen LogP) is 2.47. The summed E-state index contributed by atoms with van der Waals surface area (Å²) >= 11 is 4.43. The molecule has 3 amide bonds. The fraction of sp³-hybridized carbons (Fsp3) is 0.429. The van der Waals surface area contributed by atoms with Crippen LogP contribution in [-0.2, 0) is 11.2 Å². The van der Waals surface area contributed by atoms with Crippen LogP contribution < -0.4 is 5.32 Å². The van der Waals surface area contributed by atoms with Crippen molar-refractivity contribution >= 4 is 30.4 Å². The van der Waals surface area contributed by atoms with Crippen molar-refractivity contribution < 1.29 is 14.4 Å². The van der Waals surface area contributed by atoms with E-state index in [0.29, 0.717) is 30.4 Å². The van der Waals surface area contributed by atoms with E-state index in [-0.39, 0.29) is 36.2 Å². The minimum atomic E-state index is -0.511. The first kappa shape index (κ1) is 21.1. The lowest BCUT2D eigenvalue weighted by molar-refractivity contribution is -0.121. The van der Waals surface area contributed by atoms with E-state index in [1.165, 1.54) is 4.90 Å². The summed E-state index contributed by atoms with van der Waals surface area (Å²) in [6, 6.07) is 6.76. The van der Waals surface area contributed by atoms with Gasteiger partial charge in [0.05, 0.1) is 16.4 Å². The number of carbonyl (C=O) groups excluding carboxylic acids is 3. The minimum Gasteiger partial charge on any atom is -0.352 e. The molecule has 1 aromatic heterocycles. The lowest BCUT2D eigenvalue weighted by Crippen LogP contribution is -2.44. The van der Waals surface area contributed by atoms with Crippen LogP contribution in [-0.4, -0.2) is 50.4 Å². The van der Waals surface area contributed by atoms with Crippen LogP contribution in [0.25, 0.3) is 0 Å². The molecule has 0 saturated heterocycles. The zero-order chi connectivity index (χ0) is 21.0. The Labute approximate surface area is 175 Å². The normalized spacial score (nSPS) is 15.5. The molecule has 0 spiro atoms. The summed E-state index contributed by atoms with van der Waals surface area (Å²) in [5.74, 6) is 0.363. The molecular weight excluding hydrogens is 388 g/mol. The Morgan fingerprint density at radius 3 is 2.41 bits per heavy atom. The number of hydrogen-bond acceptors (Lipinski definition) is 5. The number of hydrogen-bond donors (Lipinski definition) is 3. The van der Waals surface area contributed by atoms with E-state index in [1.54, 1.807) is 36.7 Å². The third-order valence-corrected chi connectivity index (χ3v) is 5.63. The Balaban J connectivity index is 1.49. The maximum atomic E-state index is 12.6. The molecule has 1 aromatic carbocycles. The Morgan fingerprint density at radius 1 is 1.21 bits per heavy atom. The van der Waals surface area contributed by atoms with Crippen molar-refractivity contribution in [2.45, 2.75) is 44.4 Å². The molecule has 29 heavy (non-hydrogen) atoms. The van der Waals surface area contributed by atoms with Gasteiger partial charge in [-0.1, -0.05) is 26.0 Å². The Morgan fingerprint density at radius 2 is 1.86 bits per heavy atom. The number of fused-ring (bicyclic) bond motifs is 1. The van der Waals surface area contributed by atoms with Crippen molar-refractivity contribution in [2.24, 2.45) is 5.92 Å². The number of benzene rings is 1. The molecule has 0 unspecified atom stereocenters. The van der Waals surface area contributed by atoms with Gasteiger partial charge in [0.2, 0.25) is 5.91 Å². The van der Waals surface area contributed by atoms with Crippen molar-refractivity contribution in [1.29, 1.82) is 0 Å². The number of amides is 3. The van der Waals surface area contributed by atoms with Gasteiger partial charge < -0.3 is 10.3 Å². The largest absolute Gasteiger partial charge is 0.352 e. The SMILES string of the molecule is CC(C)[C@H](Cc1ncc[nH]1)NC(=O)[C@H](S)CCCN1C(=O)c2ccccc2C1=O. The van der Waals surface area contributed by atoms with Gasteiger partial charge in [-0.2, -0.15) is 12.6 Å². The monoisotopic (exact) mass is 414 g/mol. The van der Waals surface area contributed by atoms with Gasteiger partial charge in [-0.15, -0.1) is 0 Å². The number of rotatable bonds is 9. The highest BCUT2D eigenvalue weighted by Gasteiger charge is 2.34. The van der Waals surface area contributed by atoms with Crippen LogP contribution in [0.1, 0.15) is 53.2 Å². The second-order valence-electron chi connectivity index (χ2n) is 7.56. The van der Waals surface area contributed by atoms with Crippen LogP contribution in [0, 0.1) is 5.92 Å². The van der Waals surface area contributed by atoms with Crippen molar-refractivity contribution in [3.63, 3.8) is 0 Å². The quantitative estimate of drug-likeness (QED) is 0.434. The standard InChI is InChI=1S/C21H26N4O3S/c1-13(2)16(12-18-22-9-10-23-18)24-19(26)17(29)8-5-11-25-20(27)14-6-3-4-7-15(14)21(25)28/h3-4,6-7,9-10,13,16-17,29H,5,8,11-12H2,1-2H3,(H,22,23)(H,24,26)/t16-,17+/m0/s1. The molecule has 1 aliphatic heterocycles. The van der Waals surface area contributed by atoms with E-state index in [0.717, 1.165) is 5.82 Å². The molecular formula is C21H26N4O3S. The number of imidazole rings is 1. The van der Waals surface area contributed by atoms with Crippen LogP contribution in [0.4, 0.5) is 0 Å². The molecule has 0 bridgehead atoms. The van der Waals surface area contributed by atoms with E-state index in [9.17, 15) is 14.4 Å². The second-order valence-corrected chi connectivity index (χ2v) is 8.19. The molecule has 1 aliphatic rings. The first-order valence-corrected chi connectivity index (χ1v) is 10.3. The zero-order valence-electron chi connectivity index (χ0n) is 16.6. The number of nitrogens with zero attached hydrogens (tertiary/aromatic N) is 2. The average Bonchev–Trinajstić information content (AvgIpc) is 3.30. The molecule has 2 N–H and O–H groups in total. The first-order valence-electron chi connectivity index (χ1n) is 9.80. The Kier molecular flexibility index (Phi) is 6.74. The van der Waals surface area contributed by atoms with E-state index < -0.39 is 5.25 Å². The van der Waals surface area contributed by atoms with Crippen molar-refractivity contribution in [2.75, 3.05) is 6.54 Å². The third kappa shape index (κ3) is 4.87. The van der Waals surface area contributed by atoms with Crippen LogP contribution in [0.3, 0.4) is 0 Å². The maximum Gasteiger partial charge on any atom is 0.261 e. The van der Waals surface area contributed by atoms with Gasteiger partial charge in [-0.3, -0.25) is 19.3 Å². The van der Waals surface area contributed by atoms with Gasteiger partial charge in [0.15, 0.2) is 0 Å². The number of H-pyrrole nitrogens is 1. The van der Waals surface area contributed by atoms with Gasteiger partial charge in [-0.05, 0) is 30.9 Å². The molecule has 3 rings (SSSR count). The highest BCUT2D eigenvalue weighted by atomic mass is 32.1. The van der Waals surface area contributed by atoms with E-state index in [1.807, 2.05) is 13.8 Å². The van der Waals surface area contributed by atoms with E-state index in [4.69, 9.17) is 0 Å². The highest BCUT2D eigenvalue weighted by Crippen LogP contribution is 2.23. The predicted molar refractivity (Wildman–Crippen MR) is 113 cm³/mol. The van der Waals surface area contributed by atoms with E-state index in [2.05, 4.69) is 27.9 Å². The van der Waals surface area contributed by atoms with Gasteiger partial charge >= 0.3 is 0 Å². The topological polar surface area (TPSA) is 95.2 Å². The Bertz CT molecular complexity index is 847. The molecule has 0 radical (unpaired) electrons. The summed E-state index contributed by atoms with van der Waals surface area (Å²) in [5.41, 5.74) is 0.880. The van der Waals surface area contributed by atoms with Crippen LogP contribution in [0.5, 0.6) is 0 Å². The number of imide groups is 1. The van der Waals surface area contributed by atoms with Crippen LogP contribution in [0.15, 0.2) is 36.7 Å². The van der Waals surface area contributed by atoms with E-state index >= 15 is 0 Å². The van der Waals surface area contributed by atoms with Crippen molar-refractivity contribution in [3.8, 4) is 0 Å². The van der Waals surface area contributed by atoms with Gasteiger partial charge in [-0.25, -0.2) is 4.98 Å². The zero-order valence-corrected chi connectivity index (χ0v) is 17.5. The van der Waals surface area contributed by atoms with Crippen LogP contribution in [0.2, 0.25) is 0 Å². The summed E-state index contributed by atoms with van der Waals surface area (Å²) < 4.78 is 0. The molecule has 2 atom stereocenters. The number of thiol groups is 1. The Hall–Kier alpha value is -2.61. The molecule has 2 heterocycles. The van der Waals surface area contributed by atoms with Crippen LogP contribution >= 0.6 is 12.6 Å². The molecule has 0 fully saturated rings. The van der Waals surface area contributed by atoms with Gasteiger partial charge in [0, 0.05) is 31.4 Å². The summed E-state index contributed by atoms with van der Waals surface area (Å²) in [7, 11) is 0.